The fourth-order valence-electron chi connectivity index (χ4n) is 3.07. The Morgan fingerprint density at radius 3 is 2.67 bits per heavy atom. The summed E-state index contributed by atoms with van der Waals surface area (Å²) in [5.41, 5.74) is 1.89. The van der Waals surface area contributed by atoms with Crippen LogP contribution >= 0.6 is 38.9 Å². The number of hydrogen-bond donors (Lipinski definition) is 0. The third-order valence-corrected chi connectivity index (χ3v) is 6.27. The van der Waals surface area contributed by atoms with Crippen molar-refractivity contribution in [2.24, 2.45) is 0 Å². The van der Waals surface area contributed by atoms with Crippen molar-refractivity contribution in [1.82, 2.24) is 9.55 Å². The minimum absolute atomic E-state index is 0.0297. The Bertz CT molecular complexity index is 1200. The smallest absolute Gasteiger partial charge is 0.263 e. The van der Waals surface area contributed by atoms with Gasteiger partial charge in [-0.1, -0.05) is 45.7 Å². The molecule has 0 N–H and O–H groups in total. The molecule has 2 heterocycles. The van der Waals surface area contributed by atoms with Crippen LogP contribution in [0.15, 0.2) is 58.1 Å². The number of aryl methyl sites for hydroxylation is 1. The van der Waals surface area contributed by atoms with Crippen LogP contribution in [0.2, 0.25) is 5.02 Å². The van der Waals surface area contributed by atoms with Crippen molar-refractivity contribution in [1.29, 1.82) is 0 Å². The molecule has 0 saturated carbocycles. The summed E-state index contributed by atoms with van der Waals surface area (Å²) in [6.45, 7) is 2.00. The molecule has 0 aliphatic carbocycles. The lowest BCUT2D eigenvalue weighted by molar-refractivity contribution is 0.595. The first-order valence-corrected chi connectivity index (χ1v) is 10.1. The summed E-state index contributed by atoms with van der Waals surface area (Å²) in [6.07, 6.45) is 1.45. The molecule has 2 aromatic heterocycles. The maximum Gasteiger partial charge on any atom is 0.263 e. The van der Waals surface area contributed by atoms with Gasteiger partial charge in [-0.3, -0.25) is 9.36 Å². The van der Waals surface area contributed by atoms with E-state index in [9.17, 15) is 9.18 Å². The predicted molar refractivity (Wildman–Crippen MR) is 112 cm³/mol. The maximum atomic E-state index is 14.1. The highest BCUT2D eigenvalue weighted by Crippen LogP contribution is 2.36. The second kappa shape index (κ2) is 7.19. The number of benzene rings is 2. The molecule has 2 aromatic carbocycles. The quantitative estimate of drug-likeness (QED) is 0.371. The molecule has 27 heavy (non-hydrogen) atoms. The molecule has 0 atom stereocenters. The zero-order valence-electron chi connectivity index (χ0n) is 14.2. The molecule has 4 rings (SSSR count). The number of fused-ring (bicyclic) bond motifs is 1. The maximum absolute atomic E-state index is 14.1. The summed E-state index contributed by atoms with van der Waals surface area (Å²) in [7, 11) is 0. The number of rotatable bonds is 3. The first-order valence-electron chi connectivity index (χ1n) is 8.13. The highest BCUT2D eigenvalue weighted by molar-refractivity contribution is 9.10. The van der Waals surface area contributed by atoms with E-state index in [0.29, 0.717) is 10.2 Å². The zero-order chi connectivity index (χ0) is 19.1. The van der Waals surface area contributed by atoms with E-state index in [1.165, 1.54) is 28.3 Å². The van der Waals surface area contributed by atoms with Crippen LogP contribution in [0.3, 0.4) is 0 Å². The van der Waals surface area contributed by atoms with Gasteiger partial charge in [-0.25, -0.2) is 9.37 Å². The molecule has 4 aromatic rings. The summed E-state index contributed by atoms with van der Waals surface area (Å²) in [4.78, 5) is 19.3. The Morgan fingerprint density at radius 1 is 1.22 bits per heavy atom. The van der Waals surface area contributed by atoms with Crippen molar-refractivity contribution in [2.75, 3.05) is 0 Å². The fourth-order valence-corrected chi connectivity index (χ4v) is 4.56. The molecule has 0 aliphatic heterocycles. The van der Waals surface area contributed by atoms with Crippen molar-refractivity contribution in [3.8, 4) is 11.1 Å². The summed E-state index contributed by atoms with van der Waals surface area (Å²) in [6, 6.07) is 12.3. The van der Waals surface area contributed by atoms with Crippen molar-refractivity contribution in [3.05, 3.63) is 84.9 Å². The van der Waals surface area contributed by atoms with Crippen LogP contribution in [-0.4, -0.2) is 9.55 Å². The van der Waals surface area contributed by atoms with Gasteiger partial charge >= 0.3 is 0 Å². The van der Waals surface area contributed by atoms with Crippen LogP contribution in [0, 0.1) is 12.7 Å². The monoisotopic (exact) mass is 462 g/mol. The highest BCUT2D eigenvalue weighted by atomic mass is 79.9. The van der Waals surface area contributed by atoms with Crippen molar-refractivity contribution < 1.29 is 4.39 Å². The van der Waals surface area contributed by atoms with Gasteiger partial charge in [0.1, 0.15) is 10.6 Å². The van der Waals surface area contributed by atoms with Crippen LogP contribution in [0.4, 0.5) is 4.39 Å². The van der Waals surface area contributed by atoms with Crippen molar-refractivity contribution >= 4 is 49.1 Å². The Hall–Kier alpha value is -2.02. The highest BCUT2D eigenvalue weighted by Gasteiger charge is 2.18. The minimum Gasteiger partial charge on any atom is -0.294 e. The Morgan fingerprint density at radius 2 is 1.96 bits per heavy atom. The number of halogens is 3. The molecule has 0 aliphatic rings. The van der Waals surface area contributed by atoms with Crippen LogP contribution in [-0.2, 0) is 6.54 Å². The third kappa shape index (κ3) is 3.33. The number of thiophene rings is 1. The van der Waals surface area contributed by atoms with E-state index in [1.807, 2.05) is 31.2 Å². The van der Waals surface area contributed by atoms with E-state index in [1.54, 1.807) is 12.1 Å². The SMILES string of the molecule is Cc1sc2ncn(Cc3c(F)cccc3Cl)c(=O)c2c1-c1ccc(Br)cc1. The Kier molecular flexibility index (Phi) is 4.88. The van der Waals surface area contributed by atoms with E-state index in [4.69, 9.17) is 11.6 Å². The van der Waals surface area contributed by atoms with E-state index in [0.717, 1.165) is 20.5 Å². The fraction of sp³-hybridized carbons (Fsp3) is 0.100. The van der Waals surface area contributed by atoms with Gasteiger partial charge < -0.3 is 0 Å². The van der Waals surface area contributed by atoms with Gasteiger partial charge in [0.25, 0.3) is 5.56 Å². The standard InChI is InChI=1S/C20H13BrClFN2OS/c1-11-17(12-5-7-13(21)8-6-12)18-19(27-11)24-10-25(20(18)26)9-14-15(22)3-2-4-16(14)23/h2-8,10H,9H2,1H3. The van der Waals surface area contributed by atoms with Gasteiger partial charge in [-0.15, -0.1) is 11.3 Å². The van der Waals surface area contributed by atoms with Crippen molar-refractivity contribution in [3.63, 3.8) is 0 Å². The van der Waals surface area contributed by atoms with Gasteiger partial charge in [0, 0.05) is 25.5 Å². The van der Waals surface area contributed by atoms with E-state index >= 15 is 0 Å². The normalized spacial score (nSPS) is 11.3. The summed E-state index contributed by atoms with van der Waals surface area (Å²) in [5, 5.41) is 0.839. The molecule has 0 radical (unpaired) electrons. The van der Waals surface area contributed by atoms with Crippen LogP contribution in [0.25, 0.3) is 21.3 Å². The lowest BCUT2D eigenvalue weighted by Gasteiger charge is -2.09. The van der Waals surface area contributed by atoms with Gasteiger partial charge in [0.2, 0.25) is 0 Å². The van der Waals surface area contributed by atoms with Crippen LogP contribution in [0.1, 0.15) is 10.4 Å². The Balaban J connectivity index is 1.90. The second-order valence-corrected chi connectivity index (χ2v) is 8.62. The van der Waals surface area contributed by atoms with Gasteiger partial charge in [0.15, 0.2) is 0 Å². The molecule has 0 saturated heterocycles. The summed E-state index contributed by atoms with van der Waals surface area (Å²) >= 11 is 11.0. The third-order valence-electron chi connectivity index (χ3n) is 4.38. The van der Waals surface area contributed by atoms with Gasteiger partial charge in [-0.2, -0.15) is 0 Å². The largest absolute Gasteiger partial charge is 0.294 e. The molecule has 3 nitrogen and oxygen atoms in total. The molecule has 0 bridgehead atoms. The second-order valence-electron chi connectivity index (χ2n) is 6.10. The molecule has 0 fully saturated rings. The molecular formula is C20H13BrClFN2OS. The molecule has 136 valence electrons. The van der Waals surface area contributed by atoms with Crippen molar-refractivity contribution in [2.45, 2.75) is 13.5 Å². The number of aromatic nitrogens is 2. The predicted octanol–water partition coefficient (Wildman–Crippen LogP) is 6.04. The van der Waals surface area contributed by atoms with Gasteiger partial charge in [0.05, 0.1) is 18.3 Å². The number of hydrogen-bond acceptors (Lipinski definition) is 3. The average molecular weight is 464 g/mol. The molecule has 7 heteroatoms. The Labute approximate surface area is 172 Å². The van der Waals surface area contributed by atoms with Crippen LogP contribution in [0.5, 0.6) is 0 Å². The van der Waals surface area contributed by atoms with Gasteiger partial charge in [-0.05, 0) is 36.8 Å². The van der Waals surface area contributed by atoms with Crippen LogP contribution < -0.4 is 5.56 Å². The summed E-state index contributed by atoms with van der Waals surface area (Å²) in [5.74, 6) is -0.441. The molecule has 0 unspecified atom stereocenters. The lowest BCUT2D eigenvalue weighted by atomic mass is 10.0. The molecule has 0 spiro atoms. The zero-order valence-corrected chi connectivity index (χ0v) is 17.3. The molecular weight excluding hydrogens is 451 g/mol. The molecule has 0 amide bonds. The van der Waals surface area contributed by atoms with E-state index in [2.05, 4.69) is 20.9 Å². The topological polar surface area (TPSA) is 34.9 Å². The van der Waals surface area contributed by atoms with E-state index < -0.39 is 5.82 Å². The minimum atomic E-state index is -0.441. The average Bonchev–Trinajstić information content (AvgIpc) is 2.98. The number of nitrogens with zero attached hydrogens (tertiary/aromatic N) is 2. The summed E-state index contributed by atoms with van der Waals surface area (Å²) < 4.78 is 16.5. The first-order chi connectivity index (χ1) is 13.0. The van der Waals surface area contributed by atoms with E-state index in [-0.39, 0.29) is 22.7 Å². The first kappa shape index (κ1) is 18.3. The lowest BCUT2D eigenvalue weighted by Crippen LogP contribution is -2.21.